The molecule has 0 unspecified atom stereocenters. The van der Waals surface area contributed by atoms with Gasteiger partial charge in [0.05, 0.1) is 12.3 Å². The van der Waals surface area contributed by atoms with E-state index in [4.69, 9.17) is 4.74 Å². The fraction of sp³-hybridized carbons (Fsp3) is 0.417. The van der Waals surface area contributed by atoms with E-state index in [1.807, 2.05) is 0 Å². The summed E-state index contributed by atoms with van der Waals surface area (Å²) in [5.74, 6) is -1.45. The first kappa shape index (κ1) is 14.4. The van der Waals surface area contributed by atoms with Crippen LogP contribution in [-0.2, 0) is 9.53 Å². The van der Waals surface area contributed by atoms with Crippen LogP contribution in [0.15, 0.2) is 18.2 Å². The molecule has 4 nitrogen and oxygen atoms in total. The SMILES string of the molecule is COCCNC(=O)CCNc1ccc(F)cc1F. The van der Waals surface area contributed by atoms with Crippen LogP contribution in [0, 0.1) is 11.6 Å². The summed E-state index contributed by atoms with van der Waals surface area (Å²) in [6.07, 6.45) is 0.209. The predicted molar refractivity (Wildman–Crippen MR) is 64.4 cm³/mol. The summed E-state index contributed by atoms with van der Waals surface area (Å²) in [5, 5.41) is 5.36. The molecule has 6 heteroatoms. The summed E-state index contributed by atoms with van der Waals surface area (Å²) >= 11 is 0. The van der Waals surface area contributed by atoms with Crippen LogP contribution >= 0.6 is 0 Å². The molecule has 0 bridgehead atoms. The van der Waals surface area contributed by atoms with E-state index >= 15 is 0 Å². The van der Waals surface area contributed by atoms with Crippen LogP contribution in [0.1, 0.15) is 6.42 Å². The van der Waals surface area contributed by atoms with Crippen molar-refractivity contribution in [3.05, 3.63) is 29.8 Å². The number of benzene rings is 1. The first-order valence-electron chi connectivity index (χ1n) is 5.58. The maximum absolute atomic E-state index is 13.2. The molecule has 0 atom stereocenters. The van der Waals surface area contributed by atoms with Crippen molar-refractivity contribution in [2.45, 2.75) is 6.42 Å². The summed E-state index contributed by atoms with van der Waals surface area (Å²) in [6, 6.07) is 3.25. The topological polar surface area (TPSA) is 50.4 Å². The van der Waals surface area contributed by atoms with Gasteiger partial charge in [0.25, 0.3) is 0 Å². The van der Waals surface area contributed by atoms with Crippen LogP contribution in [0.25, 0.3) is 0 Å². The molecule has 1 aromatic carbocycles. The average Bonchev–Trinajstić information content (AvgIpc) is 2.32. The second kappa shape index (κ2) is 7.60. The normalized spacial score (nSPS) is 10.2. The van der Waals surface area contributed by atoms with Gasteiger partial charge in [-0.2, -0.15) is 0 Å². The van der Waals surface area contributed by atoms with Gasteiger partial charge < -0.3 is 15.4 Å². The Morgan fingerprint density at radius 1 is 1.33 bits per heavy atom. The van der Waals surface area contributed by atoms with E-state index in [2.05, 4.69) is 10.6 Å². The summed E-state index contributed by atoms with van der Waals surface area (Å²) in [5.41, 5.74) is 0.182. The van der Waals surface area contributed by atoms with Gasteiger partial charge in [-0.25, -0.2) is 8.78 Å². The molecule has 0 aliphatic heterocycles. The Kier molecular flexibility index (Phi) is 6.07. The first-order chi connectivity index (χ1) is 8.63. The monoisotopic (exact) mass is 258 g/mol. The Hall–Kier alpha value is -1.69. The molecule has 0 aromatic heterocycles. The van der Waals surface area contributed by atoms with Gasteiger partial charge in [-0.3, -0.25) is 4.79 Å². The highest BCUT2D eigenvalue weighted by molar-refractivity contribution is 5.76. The number of carbonyl (C=O) groups is 1. The van der Waals surface area contributed by atoms with Gasteiger partial charge in [-0.15, -0.1) is 0 Å². The zero-order valence-corrected chi connectivity index (χ0v) is 10.1. The van der Waals surface area contributed by atoms with Gasteiger partial charge in [0.2, 0.25) is 5.91 Å². The van der Waals surface area contributed by atoms with Gasteiger partial charge in [0.1, 0.15) is 11.6 Å². The third-order valence-corrected chi connectivity index (χ3v) is 2.23. The van der Waals surface area contributed by atoms with Crippen molar-refractivity contribution in [3.8, 4) is 0 Å². The van der Waals surface area contributed by atoms with Crippen molar-refractivity contribution in [2.24, 2.45) is 0 Å². The van der Waals surface area contributed by atoms with E-state index in [-0.39, 0.29) is 24.6 Å². The second-order valence-corrected chi connectivity index (χ2v) is 3.64. The lowest BCUT2D eigenvalue weighted by Gasteiger charge is -2.08. The van der Waals surface area contributed by atoms with Crippen LogP contribution in [0.3, 0.4) is 0 Å². The van der Waals surface area contributed by atoms with Crippen molar-refractivity contribution in [3.63, 3.8) is 0 Å². The van der Waals surface area contributed by atoms with Crippen LogP contribution in [0.5, 0.6) is 0 Å². The minimum Gasteiger partial charge on any atom is -0.383 e. The molecule has 1 rings (SSSR count). The molecule has 0 aliphatic carbocycles. The molecule has 0 fully saturated rings. The lowest BCUT2D eigenvalue weighted by molar-refractivity contribution is -0.121. The smallest absolute Gasteiger partial charge is 0.221 e. The van der Waals surface area contributed by atoms with Crippen molar-refractivity contribution in [1.82, 2.24) is 5.32 Å². The number of nitrogens with one attached hydrogen (secondary N) is 2. The number of hydrogen-bond donors (Lipinski definition) is 2. The minimum atomic E-state index is -0.671. The number of methoxy groups -OCH3 is 1. The number of amides is 1. The van der Waals surface area contributed by atoms with Crippen LogP contribution in [0.4, 0.5) is 14.5 Å². The van der Waals surface area contributed by atoms with E-state index in [1.165, 1.54) is 6.07 Å². The molecule has 0 saturated heterocycles. The van der Waals surface area contributed by atoms with Gasteiger partial charge in [-0.05, 0) is 12.1 Å². The summed E-state index contributed by atoms with van der Waals surface area (Å²) in [7, 11) is 1.55. The molecular formula is C12H16F2N2O2. The minimum absolute atomic E-state index is 0.151. The molecule has 100 valence electrons. The highest BCUT2D eigenvalue weighted by Gasteiger charge is 2.04. The van der Waals surface area contributed by atoms with E-state index in [0.29, 0.717) is 13.2 Å². The van der Waals surface area contributed by atoms with E-state index in [0.717, 1.165) is 12.1 Å². The van der Waals surface area contributed by atoms with Crippen LogP contribution < -0.4 is 10.6 Å². The third kappa shape index (κ3) is 5.09. The number of hydrogen-bond acceptors (Lipinski definition) is 3. The molecule has 1 aromatic rings. The second-order valence-electron chi connectivity index (χ2n) is 3.64. The molecule has 0 spiro atoms. The molecule has 2 N–H and O–H groups in total. The summed E-state index contributed by atoms with van der Waals surface area (Å²) in [6.45, 7) is 1.17. The van der Waals surface area contributed by atoms with E-state index in [9.17, 15) is 13.6 Å². The number of ether oxygens (including phenoxy) is 1. The maximum atomic E-state index is 13.2. The molecule has 0 saturated carbocycles. The molecule has 0 heterocycles. The third-order valence-electron chi connectivity index (χ3n) is 2.23. The predicted octanol–water partition coefficient (Wildman–Crippen LogP) is 1.53. The van der Waals surface area contributed by atoms with Crippen LogP contribution in [-0.4, -0.2) is 32.7 Å². The maximum Gasteiger partial charge on any atom is 0.221 e. The lowest BCUT2D eigenvalue weighted by Crippen LogP contribution is -2.28. The Balaban J connectivity index is 2.26. The fourth-order valence-corrected chi connectivity index (χ4v) is 1.32. The Labute approximate surface area is 104 Å². The van der Waals surface area contributed by atoms with E-state index < -0.39 is 11.6 Å². The molecular weight excluding hydrogens is 242 g/mol. The Morgan fingerprint density at radius 2 is 2.11 bits per heavy atom. The van der Waals surface area contributed by atoms with Crippen molar-refractivity contribution in [2.75, 3.05) is 32.1 Å². The van der Waals surface area contributed by atoms with Crippen molar-refractivity contribution < 1.29 is 18.3 Å². The fourth-order valence-electron chi connectivity index (χ4n) is 1.32. The highest BCUT2D eigenvalue weighted by atomic mass is 19.1. The van der Waals surface area contributed by atoms with Gasteiger partial charge >= 0.3 is 0 Å². The number of carbonyl (C=O) groups excluding carboxylic acids is 1. The molecule has 18 heavy (non-hydrogen) atoms. The van der Waals surface area contributed by atoms with Crippen LogP contribution in [0.2, 0.25) is 0 Å². The Morgan fingerprint density at radius 3 is 2.78 bits per heavy atom. The average molecular weight is 258 g/mol. The number of halogens is 2. The van der Waals surface area contributed by atoms with Gasteiger partial charge in [0, 0.05) is 32.7 Å². The highest BCUT2D eigenvalue weighted by Crippen LogP contribution is 2.14. The van der Waals surface area contributed by atoms with E-state index in [1.54, 1.807) is 7.11 Å². The quantitative estimate of drug-likeness (QED) is 0.729. The van der Waals surface area contributed by atoms with Crippen molar-refractivity contribution in [1.29, 1.82) is 0 Å². The Bertz CT molecular complexity index is 400. The first-order valence-corrected chi connectivity index (χ1v) is 5.58. The lowest BCUT2D eigenvalue weighted by atomic mass is 10.3. The standard InChI is InChI=1S/C12H16F2N2O2/c1-18-7-6-16-12(17)4-5-15-11-3-2-9(13)8-10(11)14/h2-3,8,15H,4-7H2,1H3,(H,16,17). The van der Waals surface area contributed by atoms with Crippen molar-refractivity contribution >= 4 is 11.6 Å². The number of rotatable bonds is 7. The van der Waals surface area contributed by atoms with Gasteiger partial charge in [0.15, 0.2) is 0 Å². The molecule has 1 amide bonds. The largest absolute Gasteiger partial charge is 0.383 e. The molecule has 0 aliphatic rings. The zero-order valence-electron chi connectivity index (χ0n) is 10.1. The van der Waals surface area contributed by atoms with Gasteiger partial charge in [-0.1, -0.05) is 0 Å². The summed E-state index contributed by atoms with van der Waals surface area (Å²) < 4.78 is 30.6. The summed E-state index contributed by atoms with van der Waals surface area (Å²) in [4.78, 5) is 11.3. The number of anilines is 1. The zero-order chi connectivity index (χ0) is 13.4. The molecule has 0 radical (unpaired) electrons.